The second kappa shape index (κ2) is 5.36. The van der Waals surface area contributed by atoms with Crippen molar-refractivity contribution in [1.29, 1.82) is 0 Å². The van der Waals surface area contributed by atoms with Crippen LogP contribution in [0.2, 0.25) is 5.02 Å². The lowest BCUT2D eigenvalue weighted by Gasteiger charge is -2.20. The second-order valence-electron chi connectivity index (χ2n) is 5.29. The lowest BCUT2D eigenvalue weighted by atomic mass is 9.89. The van der Waals surface area contributed by atoms with Gasteiger partial charge in [0.2, 0.25) is 0 Å². The molecule has 0 bridgehead atoms. The second-order valence-corrected chi connectivity index (χ2v) is 5.73. The highest BCUT2D eigenvalue weighted by Crippen LogP contribution is 2.30. The molecule has 2 N–H and O–H groups in total. The van der Waals surface area contributed by atoms with Gasteiger partial charge in [-0.2, -0.15) is 0 Å². The number of rotatable bonds is 2. The van der Waals surface area contributed by atoms with Crippen LogP contribution in [0.15, 0.2) is 30.3 Å². The van der Waals surface area contributed by atoms with Gasteiger partial charge in [-0.1, -0.05) is 35.4 Å². The first-order valence-electron chi connectivity index (χ1n) is 6.49. The molecule has 0 aliphatic rings. The van der Waals surface area contributed by atoms with Crippen molar-refractivity contribution in [2.45, 2.75) is 33.7 Å². The Balaban J connectivity index is 2.56. The minimum Gasteiger partial charge on any atom is -0.320 e. The van der Waals surface area contributed by atoms with Crippen LogP contribution in [0.1, 0.15) is 39.4 Å². The Morgan fingerprint density at radius 1 is 0.895 bits per heavy atom. The molecule has 0 aliphatic heterocycles. The molecule has 0 radical (unpaired) electrons. The lowest BCUT2D eigenvalue weighted by molar-refractivity contribution is 0.842. The molecule has 1 atom stereocenters. The number of hydrogen-bond donors (Lipinski definition) is 1. The van der Waals surface area contributed by atoms with Crippen molar-refractivity contribution >= 4 is 11.6 Å². The van der Waals surface area contributed by atoms with Gasteiger partial charge in [-0.3, -0.25) is 0 Å². The third kappa shape index (κ3) is 2.83. The maximum Gasteiger partial charge on any atom is 0.0560 e. The molecular weight excluding hydrogens is 254 g/mol. The van der Waals surface area contributed by atoms with Crippen molar-refractivity contribution < 1.29 is 0 Å². The SMILES string of the molecule is Cc1cc(C)c(C(N)c2cc(Cl)ccc2C)c(C)c1. The van der Waals surface area contributed by atoms with Crippen LogP contribution in [-0.2, 0) is 0 Å². The first-order chi connectivity index (χ1) is 8.90. The summed E-state index contributed by atoms with van der Waals surface area (Å²) in [5.41, 5.74) is 13.7. The normalized spacial score (nSPS) is 12.5. The summed E-state index contributed by atoms with van der Waals surface area (Å²) in [6, 6.07) is 10.1. The number of aryl methyl sites for hydroxylation is 4. The minimum atomic E-state index is -0.126. The molecule has 1 unspecified atom stereocenters. The highest BCUT2D eigenvalue weighted by molar-refractivity contribution is 6.30. The van der Waals surface area contributed by atoms with Gasteiger partial charge >= 0.3 is 0 Å². The first-order valence-corrected chi connectivity index (χ1v) is 6.87. The van der Waals surface area contributed by atoms with Gasteiger partial charge < -0.3 is 5.73 Å². The number of nitrogens with two attached hydrogens (primary N) is 1. The highest BCUT2D eigenvalue weighted by atomic mass is 35.5. The van der Waals surface area contributed by atoms with Crippen molar-refractivity contribution in [3.05, 3.63) is 68.7 Å². The Labute approximate surface area is 120 Å². The molecule has 0 amide bonds. The summed E-state index contributed by atoms with van der Waals surface area (Å²) < 4.78 is 0. The van der Waals surface area contributed by atoms with Gasteiger partial charge in [0, 0.05) is 5.02 Å². The largest absolute Gasteiger partial charge is 0.320 e. The fourth-order valence-electron chi connectivity index (χ4n) is 2.78. The molecule has 0 spiro atoms. The van der Waals surface area contributed by atoms with Crippen LogP contribution < -0.4 is 5.73 Å². The molecule has 2 aromatic rings. The summed E-state index contributed by atoms with van der Waals surface area (Å²) in [6.45, 7) is 8.43. The van der Waals surface area contributed by atoms with Crippen LogP contribution in [0.25, 0.3) is 0 Å². The van der Waals surface area contributed by atoms with E-state index in [1.165, 1.54) is 27.8 Å². The van der Waals surface area contributed by atoms with Gasteiger partial charge in [-0.25, -0.2) is 0 Å². The average molecular weight is 274 g/mol. The summed E-state index contributed by atoms with van der Waals surface area (Å²) in [4.78, 5) is 0. The number of benzene rings is 2. The Morgan fingerprint density at radius 3 is 2.05 bits per heavy atom. The predicted octanol–water partition coefficient (Wildman–Crippen LogP) is 4.62. The van der Waals surface area contributed by atoms with E-state index in [-0.39, 0.29) is 6.04 Å². The Morgan fingerprint density at radius 2 is 1.47 bits per heavy atom. The summed E-state index contributed by atoms with van der Waals surface area (Å²) in [5.74, 6) is 0. The van der Waals surface area contributed by atoms with E-state index in [1.807, 2.05) is 18.2 Å². The molecule has 2 rings (SSSR count). The molecule has 0 saturated carbocycles. The maximum absolute atomic E-state index is 6.48. The van der Waals surface area contributed by atoms with Crippen molar-refractivity contribution in [3.63, 3.8) is 0 Å². The third-order valence-corrected chi connectivity index (χ3v) is 3.86. The van der Waals surface area contributed by atoms with Crippen LogP contribution in [0.4, 0.5) is 0 Å². The van der Waals surface area contributed by atoms with Crippen molar-refractivity contribution in [2.75, 3.05) is 0 Å². The van der Waals surface area contributed by atoms with E-state index in [0.717, 1.165) is 10.6 Å². The zero-order chi connectivity index (χ0) is 14.2. The molecule has 2 aromatic carbocycles. The molecular formula is C17H20ClN. The smallest absolute Gasteiger partial charge is 0.0560 e. The molecule has 0 heterocycles. The molecule has 100 valence electrons. The maximum atomic E-state index is 6.48. The molecule has 19 heavy (non-hydrogen) atoms. The standard InChI is InChI=1S/C17H20ClN/c1-10-7-12(3)16(13(4)8-10)17(19)15-9-14(18)6-5-11(15)2/h5-9,17H,19H2,1-4H3. The fraction of sp³-hybridized carbons (Fsp3) is 0.294. The van der Waals surface area contributed by atoms with Gasteiger partial charge in [0.15, 0.2) is 0 Å². The van der Waals surface area contributed by atoms with Gasteiger partial charge in [0.1, 0.15) is 0 Å². The number of hydrogen-bond acceptors (Lipinski definition) is 1. The lowest BCUT2D eigenvalue weighted by Crippen LogP contribution is -2.16. The van der Waals surface area contributed by atoms with E-state index in [4.69, 9.17) is 17.3 Å². The van der Waals surface area contributed by atoms with Crippen LogP contribution in [0.3, 0.4) is 0 Å². The Bertz CT molecular complexity index is 594. The average Bonchev–Trinajstić information content (AvgIpc) is 2.30. The zero-order valence-corrected chi connectivity index (χ0v) is 12.7. The summed E-state index contributed by atoms with van der Waals surface area (Å²) >= 11 is 6.10. The van der Waals surface area contributed by atoms with E-state index in [2.05, 4.69) is 39.8 Å². The van der Waals surface area contributed by atoms with Crippen LogP contribution in [-0.4, -0.2) is 0 Å². The van der Waals surface area contributed by atoms with E-state index >= 15 is 0 Å². The highest BCUT2D eigenvalue weighted by Gasteiger charge is 2.16. The summed E-state index contributed by atoms with van der Waals surface area (Å²) in [5, 5.41) is 0.735. The van der Waals surface area contributed by atoms with Crippen LogP contribution in [0, 0.1) is 27.7 Å². The van der Waals surface area contributed by atoms with Gasteiger partial charge in [0.25, 0.3) is 0 Å². The summed E-state index contributed by atoms with van der Waals surface area (Å²) in [7, 11) is 0. The van der Waals surface area contributed by atoms with Crippen LogP contribution >= 0.6 is 11.6 Å². The van der Waals surface area contributed by atoms with E-state index in [9.17, 15) is 0 Å². The van der Waals surface area contributed by atoms with Crippen molar-refractivity contribution in [2.24, 2.45) is 5.73 Å². The quantitative estimate of drug-likeness (QED) is 0.849. The van der Waals surface area contributed by atoms with E-state index in [1.54, 1.807) is 0 Å². The molecule has 2 heteroatoms. The molecule has 0 saturated heterocycles. The number of halogens is 1. The Kier molecular flexibility index (Phi) is 3.98. The summed E-state index contributed by atoms with van der Waals surface area (Å²) in [6.07, 6.45) is 0. The van der Waals surface area contributed by atoms with Crippen LogP contribution in [0.5, 0.6) is 0 Å². The minimum absolute atomic E-state index is 0.126. The zero-order valence-electron chi connectivity index (χ0n) is 11.9. The molecule has 0 fully saturated rings. The topological polar surface area (TPSA) is 26.0 Å². The predicted molar refractivity (Wildman–Crippen MR) is 82.9 cm³/mol. The fourth-order valence-corrected chi connectivity index (χ4v) is 2.96. The molecule has 0 aromatic heterocycles. The third-order valence-electron chi connectivity index (χ3n) is 3.63. The van der Waals surface area contributed by atoms with Gasteiger partial charge in [-0.15, -0.1) is 0 Å². The Hall–Kier alpha value is -1.31. The molecule has 1 nitrogen and oxygen atoms in total. The molecule has 0 aliphatic carbocycles. The van der Waals surface area contributed by atoms with Crippen molar-refractivity contribution in [3.8, 4) is 0 Å². The van der Waals surface area contributed by atoms with E-state index in [0.29, 0.717) is 0 Å². The first kappa shape index (κ1) is 14.1. The van der Waals surface area contributed by atoms with E-state index < -0.39 is 0 Å². The van der Waals surface area contributed by atoms with Gasteiger partial charge in [-0.05, 0) is 67.6 Å². The monoisotopic (exact) mass is 273 g/mol. The van der Waals surface area contributed by atoms with Crippen molar-refractivity contribution in [1.82, 2.24) is 0 Å². The van der Waals surface area contributed by atoms with Gasteiger partial charge in [0.05, 0.1) is 6.04 Å².